The molecule has 8 atom stereocenters. The molecule has 540 valence electrons. The summed E-state index contributed by atoms with van der Waals surface area (Å²) in [7, 11) is 3.86. The van der Waals surface area contributed by atoms with Crippen molar-refractivity contribution >= 4 is 109 Å². The normalized spacial score (nSPS) is 13.3. The first-order chi connectivity index (χ1) is 45.3. The fourth-order valence-electron chi connectivity index (χ4n) is 9.35. The molecule has 0 aromatic heterocycles. The SMILES string of the molecule is COCCOCCCC(=O)[C@@H](CCC(=O)NO)NC(=O)[C@H](CCC(=O)NO)CC(=O)[C@@H](CC(C)C)NC(=O)[C@@H](CC(C)=O)CC(=O)O.COCCOCCCC(=O)[C@@H](CCC(=O)OB=N)NC(=O)[C@H](CCC(=O)OB=N)CC(=O)[C@@H](CC(C)C)NC(=O)[C@@H](CC(C)=O)CC(=O)O. The average molecular weight is 1370 g/mol. The second-order valence-corrected chi connectivity index (χ2v) is 23.4. The first kappa shape index (κ1) is 90.3. The molecule has 0 aromatic rings. The van der Waals surface area contributed by atoms with Gasteiger partial charge in [0.2, 0.25) is 23.6 Å². The van der Waals surface area contributed by atoms with Crippen molar-refractivity contribution < 1.29 is 126 Å². The monoisotopic (exact) mass is 1370 g/mol. The summed E-state index contributed by atoms with van der Waals surface area (Å²) in [6.07, 6.45) is -4.57. The second-order valence-electron chi connectivity index (χ2n) is 23.4. The molecular formula is C60H98B2N8O26. The molecule has 0 spiro atoms. The van der Waals surface area contributed by atoms with E-state index in [9.17, 15) is 86.9 Å². The fraction of sp³-hybridized carbons (Fsp3) is 0.733. The van der Waals surface area contributed by atoms with Gasteiger partial charge in [0.25, 0.3) is 0 Å². The number of aliphatic carboxylic acids is 2. The van der Waals surface area contributed by atoms with Gasteiger partial charge in [0.15, 0.2) is 11.6 Å². The molecule has 0 fully saturated rings. The molecule has 0 aliphatic rings. The molecular weight excluding hydrogens is 1270 g/mol. The number of methoxy groups -OCH3 is 2. The van der Waals surface area contributed by atoms with Gasteiger partial charge in [-0.05, 0) is 45.4 Å². The molecule has 0 saturated heterocycles. The van der Waals surface area contributed by atoms with Crippen LogP contribution in [0.3, 0.4) is 0 Å². The molecule has 96 heavy (non-hydrogen) atoms. The molecule has 6 amide bonds. The molecule has 0 aromatic carbocycles. The summed E-state index contributed by atoms with van der Waals surface area (Å²) >= 11 is 0. The van der Waals surface area contributed by atoms with Gasteiger partial charge in [0.1, 0.15) is 11.6 Å². The van der Waals surface area contributed by atoms with Crippen molar-refractivity contribution in [3.63, 3.8) is 0 Å². The number of carbonyl (C=O) groups excluding carboxylic acids is 14. The quantitative estimate of drug-likeness (QED) is 0.0177. The van der Waals surface area contributed by atoms with Crippen LogP contribution in [0.15, 0.2) is 0 Å². The van der Waals surface area contributed by atoms with Crippen molar-refractivity contribution in [2.75, 3.05) is 53.9 Å². The van der Waals surface area contributed by atoms with Crippen LogP contribution in [0.2, 0.25) is 0 Å². The molecule has 0 radical (unpaired) electrons. The van der Waals surface area contributed by atoms with Crippen molar-refractivity contribution in [1.82, 2.24) is 32.2 Å². The van der Waals surface area contributed by atoms with Crippen LogP contribution in [0.25, 0.3) is 0 Å². The number of ether oxygens (including phenoxy) is 4. The van der Waals surface area contributed by atoms with Crippen LogP contribution in [0.4, 0.5) is 0 Å². The molecule has 0 aliphatic heterocycles. The van der Waals surface area contributed by atoms with Crippen molar-refractivity contribution in [3.05, 3.63) is 0 Å². The Morgan fingerprint density at radius 1 is 0.396 bits per heavy atom. The Morgan fingerprint density at radius 3 is 1.04 bits per heavy atom. The summed E-state index contributed by atoms with van der Waals surface area (Å²) in [5, 5.41) is 60.3. The minimum absolute atomic E-state index is 0.0323. The van der Waals surface area contributed by atoms with E-state index in [-0.39, 0.29) is 115 Å². The van der Waals surface area contributed by atoms with Gasteiger partial charge in [0, 0.05) is 58.8 Å². The van der Waals surface area contributed by atoms with Crippen LogP contribution in [0.1, 0.15) is 170 Å². The summed E-state index contributed by atoms with van der Waals surface area (Å²) < 4.78 is 29.5. The standard InChI is InChI=1S/C30H48B2N4O13.C30H50N4O13/c1-18(2)14-23(36-30(45)21(15-19(3)37)17-26(40)41)25(39)16-20(7-9-27(42)48-31-33)29(44)35-22(8-10-28(43)49-32-34)24(38)6-5-11-47-13-12-46-4;1-18(2)14-23(32-30(43)21(15-19(3)35)17-28(40)41)25(37)16-20(7-9-26(38)33-44)29(42)31-22(8-10-27(39)34-45)24(36)6-5-11-47-13-12-46-4/h18,20-23,33-34H,5-17H2,1-4H3,(H,35,44)(H,36,45)(H,40,41);18,20-23,44-45H,5-17H2,1-4H3,(H,31,42)(H,32,43)(H,33,38)(H,34,39)(H,40,41)/t2*20-,21+,22-,23-/m11/s1. The van der Waals surface area contributed by atoms with Gasteiger partial charge in [-0.2, -0.15) is 0 Å². The van der Waals surface area contributed by atoms with Crippen molar-refractivity contribution in [2.45, 2.75) is 194 Å². The summed E-state index contributed by atoms with van der Waals surface area (Å²) in [5.41, 5.74) is 2.89. The number of hydrogen-bond donors (Lipinski definition) is 12. The van der Waals surface area contributed by atoms with Crippen LogP contribution in [-0.2, 0) is 105 Å². The molecule has 34 nitrogen and oxygen atoms in total. The number of ketones is 6. The predicted molar refractivity (Wildman–Crippen MR) is 335 cm³/mol. The zero-order valence-electron chi connectivity index (χ0n) is 56.1. The number of nitrogens with one attached hydrogen (secondary N) is 8. The molecule has 0 rings (SSSR count). The van der Waals surface area contributed by atoms with Crippen LogP contribution in [0, 0.1) is 46.1 Å². The van der Waals surface area contributed by atoms with Gasteiger partial charge in [-0.15, -0.1) is 0 Å². The Labute approximate surface area is 558 Å². The first-order valence-electron chi connectivity index (χ1n) is 31.4. The fourth-order valence-corrected chi connectivity index (χ4v) is 9.35. The third kappa shape index (κ3) is 44.8. The Kier molecular flexibility index (Phi) is 50.2. The van der Waals surface area contributed by atoms with E-state index >= 15 is 0 Å². The van der Waals surface area contributed by atoms with Crippen LogP contribution in [-0.4, -0.2) is 207 Å². The van der Waals surface area contributed by atoms with E-state index in [0.717, 1.165) is 0 Å². The van der Waals surface area contributed by atoms with Crippen molar-refractivity contribution in [2.24, 2.45) is 35.5 Å². The van der Waals surface area contributed by atoms with E-state index in [2.05, 4.69) is 30.6 Å². The zero-order valence-corrected chi connectivity index (χ0v) is 56.1. The van der Waals surface area contributed by atoms with Gasteiger partial charge in [-0.3, -0.25) is 48.8 Å². The Bertz CT molecular complexity index is 2540. The van der Waals surface area contributed by atoms with Crippen molar-refractivity contribution in [1.29, 1.82) is 10.6 Å². The van der Waals surface area contributed by atoms with Gasteiger partial charge >= 0.3 is 254 Å². The third-order valence-corrected chi connectivity index (χ3v) is 14.2. The Balaban J connectivity index is 0. The van der Waals surface area contributed by atoms with Crippen LogP contribution in [0.5, 0.6) is 0 Å². The zero-order chi connectivity index (χ0) is 73.3. The van der Waals surface area contributed by atoms with E-state index < -0.39 is 168 Å². The number of hydroxylamine groups is 2. The Hall–Kier alpha value is -7.79. The Morgan fingerprint density at radius 2 is 0.719 bits per heavy atom. The van der Waals surface area contributed by atoms with E-state index in [1.54, 1.807) is 27.7 Å². The number of carboxylic acids is 2. The van der Waals surface area contributed by atoms with Crippen molar-refractivity contribution in [3.8, 4) is 0 Å². The third-order valence-electron chi connectivity index (χ3n) is 14.2. The van der Waals surface area contributed by atoms with Gasteiger partial charge in [-0.1, -0.05) is 13.8 Å². The first-order valence-corrected chi connectivity index (χ1v) is 31.4. The van der Waals surface area contributed by atoms with E-state index in [1.165, 1.54) is 39.0 Å². The number of carbonyl (C=O) groups is 16. The van der Waals surface area contributed by atoms with Crippen LogP contribution >= 0.6 is 0 Å². The van der Waals surface area contributed by atoms with E-state index in [4.69, 9.17) is 40.0 Å². The number of carboxylic acid groups (broad SMARTS) is 2. The molecule has 0 bridgehead atoms. The molecule has 12 N–H and O–H groups in total. The molecule has 0 heterocycles. The number of Topliss-reactive ketones (excluding diaryl/α,β-unsaturated/α-hetero) is 6. The van der Waals surface area contributed by atoms with E-state index in [1.807, 2.05) is 0 Å². The maximum atomic E-state index is 13.6. The van der Waals surface area contributed by atoms with Gasteiger partial charge in [-0.25, -0.2) is 11.0 Å². The number of hydrogen-bond acceptors (Lipinski definition) is 26. The van der Waals surface area contributed by atoms with Gasteiger partial charge < -0.3 is 44.6 Å². The average Bonchev–Trinajstić information content (AvgIpc) is 0.901. The smallest absolute Gasteiger partial charge is 0.481 e. The second kappa shape index (κ2) is 53.4. The minimum atomic E-state index is -1.31. The summed E-state index contributed by atoms with van der Waals surface area (Å²) in [4.78, 5) is 200. The van der Waals surface area contributed by atoms with Gasteiger partial charge in [0.05, 0.1) is 37.6 Å². The summed E-state index contributed by atoms with van der Waals surface area (Å²) in [6, 6.07) is -4.74. The molecule has 36 heteroatoms. The molecule has 0 aliphatic carbocycles. The van der Waals surface area contributed by atoms with Crippen LogP contribution < -0.4 is 32.2 Å². The van der Waals surface area contributed by atoms with E-state index in [0.29, 0.717) is 53.8 Å². The molecule has 0 saturated carbocycles. The number of amides is 6. The maximum absolute atomic E-state index is 13.6. The minimum Gasteiger partial charge on any atom is -0.481 e. The predicted octanol–water partition coefficient (Wildman–Crippen LogP) is 1.30. The summed E-state index contributed by atoms with van der Waals surface area (Å²) in [6.45, 7) is 11.3. The molecule has 0 unspecified atom stereocenters. The summed E-state index contributed by atoms with van der Waals surface area (Å²) in [5.74, 6) is -17.4. The topological polar surface area (TPSA) is 529 Å². The number of rotatable bonds is 56.